The van der Waals surface area contributed by atoms with E-state index in [1.54, 1.807) is 0 Å². The molecular weight excluding hydrogens is 390 g/mol. The molecule has 0 aromatic carbocycles. The molecule has 0 aliphatic carbocycles. The Bertz CT molecular complexity index is 913. The zero-order valence-electron chi connectivity index (χ0n) is 15.6. The van der Waals surface area contributed by atoms with Crippen molar-refractivity contribution in [3.8, 4) is 0 Å². The van der Waals surface area contributed by atoms with E-state index in [1.807, 2.05) is 13.8 Å². The van der Waals surface area contributed by atoms with Crippen LogP contribution in [0, 0.1) is 13.8 Å². The van der Waals surface area contributed by atoms with Crippen LogP contribution in [0.3, 0.4) is 0 Å². The summed E-state index contributed by atoms with van der Waals surface area (Å²) in [6, 6.07) is 0. The van der Waals surface area contributed by atoms with E-state index in [0.717, 1.165) is 10.7 Å². The van der Waals surface area contributed by atoms with E-state index in [1.165, 1.54) is 21.9 Å². The van der Waals surface area contributed by atoms with E-state index in [2.05, 4.69) is 20.4 Å². The summed E-state index contributed by atoms with van der Waals surface area (Å²) in [6.45, 7) is 5.02. The number of aryl methyl sites for hydroxylation is 2. The average Bonchev–Trinajstić information content (AvgIpc) is 3.20. The molecule has 148 valence electrons. The minimum atomic E-state index is -3.15. The number of nitrogens with one attached hydrogen (secondary N) is 1. The summed E-state index contributed by atoms with van der Waals surface area (Å²) in [5.74, 6) is 1.02. The van der Waals surface area contributed by atoms with Gasteiger partial charge in [-0.05, 0) is 26.7 Å². The van der Waals surface area contributed by atoms with Gasteiger partial charge in [0.1, 0.15) is 4.88 Å². The molecule has 1 aliphatic heterocycles. The molecule has 9 nitrogen and oxygen atoms in total. The van der Waals surface area contributed by atoms with Crippen LogP contribution in [-0.2, 0) is 16.4 Å². The van der Waals surface area contributed by atoms with Crippen molar-refractivity contribution in [3.63, 3.8) is 0 Å². The number of sulfonamides is 1. The Morgan fingerprint density at radius 1 is 1.30 bits per heavy atom. The third-order valence-corrected chi connectivity index (χ3v) is 6.88. The highest BCUT2D eigenvalue weighted by atomic mass is 32.2. The van der Waals surface area contributed by atoms with Crippen LogP contribution < -0.4 is 5.32 Å². The summed E-state index contributed by atoms with van der Waals surface area (Å²) in [5.41, 5.74) is 0.732. The molecule has 1 N–H and O–H groups in total. The van der Waals surface area contributed by atoms with Crippen LogP contribution in [0.5, 0.6) is 0 Å². The minimum absolute atomic E-state index is 0.0953. The van der Waals surface area contributed by atoms with Gasteiger partial charge in [0.2, 0.25) is 15.9 Å². The maximum absolute atomic E-state index is 12.2. The zero-order valence-corrected chi connectivity index (χ0v) is 17.2. The van der Waals surface area contributed by atoms with Gasteiger partial charge in [0.05, 0.1) is 17.0 Å². The van der Waals surface area contributed by atoms with Crippen LogP contribution in [0.15, 0.2) is 4.52 Å². The molecule has 1 aliphatic rings. The molecule has 27 heavy (non-hydrogen) atoms. The van der Waals surface area contributed by atoms with Crippen molar-refractivity contribution in [2.24, 2.45) is 0 Å². The van der Waals surface area contributed by atoms with Gasteiger partial charge in [0.25, 0.3) is 5.91 Å². The molecular formula is C16H23N5O4S2. The van der Waals surface area contributed by atoms with Gasteiger partial charge in [0, 0.05) is 32.0 Å². The molecule has 3 heterocycles. The van der Waals surface area contributed by atoms with Gasteiger partial charge in [-0.1, -0.05) is 5.16 Å². The van der Waals surface area contributed by atoms with Crippen molar-refractivity contribution in [2.75, 3.05) is 25.9 Å². The Morgan fingerprint density at radius 3 is 2.59 bits per heavy atom. The molecule has 11 heteroatoms. The van der Waals surface area contributed by atoms with Gasteiger partial charge in [-0.25, -0.2) is 17.7 Å². The summed E-state index contributed by atoms with van der Waals surface area (Å²) < 4.78 is 29.9. The Balaban J connectivity index is 1.49. The number of amides is 1. The predicted octanol–water partition coefficient (Wildman–Crippen LogP) is 1.25. The highest BCUT2D eigenvalue weighted by molar-refractivity contribution is 7.88. The van der Waals surface area contributed by atoms with E-state index in [4.69, 9.17) is 4.52 Å². The fraction of sp³-hybridized carbons (Fsp3) is 0.625. The number of rotatable bonds is 6. The number of thiazole rings is 1. The summed E-state index contributed by atoms with van der Waals surface area (Å²) in [6.07, 6.45) is 3.01. The Hall–Kier alpha value is -1.85. The standard InChI is InChI=1S/C16H23N5O4S2/c1-10-14(26-11(2)18-10)16(22)17-7-4-13-19-15(20-25-13)12-5-8-21(9-6-12)27(3,23)24/h12H,4-9H2,1-3H3,(H,17,22). The molecule has 1 fully saturated rings. The lowest BCUT2D eigenvalue weighted by Crippen LogP contribution is -2.37. The first kappa shape index (κ1) is 19.9. The van der Waals surface area contributed by atoms with Gasteiger partial charge < -0.3 is 9.84 Å². The molecule has 0 spiro atoms. The fourth-order valence-electron chi connectivity index (χ4n) is 3.09. The maximum Gasteiger partial charge on any atom is 0.263 e. The molecule has 0 unspecified atom stereocenters. The molecule has 1 amide bonds. The Kier molecular flexibility index (Phi) is 5.92. The third kappa shape index (κ3) is 4.90. The van der Waals surface area contributed by atoms with Gasteiger partial charge in [-0.3, -0.25) is 4.79 Å². The zero-order chi connectivity index (χ0) is 19.6. The van der Waals surface area contributed by atoms with Crippen molar-refractivity contribution < 1.29 is 17.7 Å². The molecule has 2 aromatic rings. The lowest BCUT2D eigenvalue weighted by Gasteiger charge is -2.28. The van der Waals surface area contributed by atoms with Crippen LogP contribution in [0.2, 0.25) is 0 Å². The second-order valence-electron chi connectivity index (χ2n) is 6.64. The monoisotopic (exact) mass is 413 g/mol. The fourth-order valence-corrected chi connectivity index (χ4v) is 4.80. The molecule has 3 rings (SSSR count). The average molecular weight is 414 g/mol. The molecule has 1 saturated heterocycles. The van der Waals surface area contributed by atoms with E-state index >= 15 is 0 Å². The number of nitrogens with zero attached hydrogens (tertiary/aromatic N) is 4. The van der Waals surface area contributed by atoms with Crippen molar-refractivity contribution in [3.05, 3.63) is 27.3 Å². The quantitative estimate of drug-likeness (QED) is 0.757. The lowest BCUT2D eigenvalue weighted by molar-refractivity contribution is 0.0956. The van der Waals surface area contributed by atoms with E-state index < -0.39 is 10.0 Å². The first-order valence-electron chi connectivity index (χ1n) is 8.74. The smallest absolute Gasteiger partial charge is 0.263 e. The van der Waals surface area contributed by atoms with E-state index in [9.17, 15) is 13.2 Å². The highest BCUT2D eigenvalue weighted by Crippen LogP contribution is 2.27. The molecule has 0 radical (unpaired) electrons. The van der Waals surface area contributed by atoms with Crippen LogP contribution >= 0.6 is 11.3 Å². The van der Waals surface area contributed by atoms with Crippen molar-refractivity contribution in [1.82, 2.24) is 24.7 Å². The lowest BCUT2D eigenvalue weighted by atomic mass is 9.97. The summed E-state index contributed by atoms with van der Waals surface area (Å²) >= 11 is 1.37. The number of hydrogen-bond donors (Lipinski definition) is 1. The summed E-state index contributed by atoms with van der Waals surface area (Å²) in [7, 11) is -3.15. The largest absolute Gasteiger partial charge is 0.351 e. The van der Waals surface area contributed by atoms with Crippen molar-refractivity contribution >= 4 is 27.3 Å². The SMILES string of the molecule is Cc1nc(C)c(C(=O)NCCc2nc(C3CCN(S(C)(=O)=O)CC3)no2)s1. The number of hydrogen-bond acceptors (Lipinski definition) is 8. The molecule has 0 saturated carbocycles. The van der Waals surface area contributed by atoms with Crippen molar-refractivity contribution in [1.29, 1.82) is 0 Å². The van der Waals surface area contributed by atoms with Crippen LogP contribution in [0.4, 0.5) is 0 Å². The normalized spacial score (nSPS) is 16.6. The van der Waals surface area contributed by atoms with Gasteiger partial charge in [-0.2, -0.15) is 4.98 Å². The molecule has 0 atom stereocenters. The number of aromatic nitrogens is 3. The van der Waals surface area contributed by atoms with Gasteiger partial charge >= 0.3 is 0 Å². The summed E-state index contributed by atoms with van der Waals surface area (Å²) in [4.78, 5) is 21.4. The summed E-state index contributed by atoms with van der Waals surface area (Å²) in [5, 5.41) is 7.73. The van der Waals surface area contributed by atoms with E-state index in [-0.39, 0.29) is 11.8 Å². The maximum atomic E-state index is 12.2. The minimum Gasteiger partial charge on any atom is -0.351 e. The van der Waals surface area contributed by atoms with Crippen LogP contribution in [0.25, 0.3) is 0 Å². The number of piperidine rings is 1. The Labute approximate surface area is 162 Å². The second kappa shape index (κ2) is 8.03. The third-order valence-electron chi connectivity index (χ3n) is 4.51. The topological polar surface area (TPSA) is 118 Å². The van der Waals surface area contributed by atoms with Gasteiger partial charge in [0.15, 0.2) is 5.82 Å². The predicted molar refractivity (Wildman–Crippen MR) is 100 cm³/mol. The van der Waals surface area contributed by atoms with Crippen molar-refractivity contribution in [2.45, 2.75) is 39.0 Å². The molecule has 2 aromatic heterocycles. The van der Waals surface area contributed by atoms with E-state index in [0.29, 0.717) is 55.5 Å². The first-order valence-corrected chi connectivity index (χ1v) is 11.4. The van der Waals surface area contributed by atoms with Crippen LogP contribution in [-0.4, -0.2) is 59.6 Å². The molecule has 0 bridgehead atoms. The van der Waals surface area contributed by atoms with Gasteiger partial charge in [-0.15, -0.1) is 11.3 Å². The Morgan fingerprint density at radius 2 is 2.00 bits per heavy atom. The number of carbonyl (C=O) groups is 1. The second-order valence-corrected chi connectivity index (χ2v) is 9.82. The first-order chi connectivity index (χ1) is 12.7. The number of carbonyl (C=O) groups excluding carboxylic acids is 1. The van der Waals surface area contributed by atoms with Crippen LogP contribution in [0.1, 0.15) is 50.8 Å². The highest BCUT2D eigenvalue weighted by Gasteiger charge is 2.28.